The summed E-state index contributed by atoms with van der Waals surface area (Å²) in [5, 5.41) is 0. The molecule has 0 aromatic heterocycles. The van der Waals surface area contributed by atoms with Gasteiger partial charge in [-0.2, -0.15) is 13.2 Å². The van der Waals surface area contributed by atoms with Crippen molar-refractivity contribution in [2.24, 2.45) is 11.3 Å². The molecule has 3 nitrogen and oxygen atoms in total. The number of hydrogen-bond donors (Lipinski definition) is 0. The molecule has 2 saturated heterocycles. The third-order valence-electron chi connectivity index (χ3n) is 6.54. The van der Waals surface area contributed by atoms with Crippen LogP contribution in [0, 0.1) is 11.3 Å². The van der Waals surface area contributed by atoms with Gasteiger partial charge in [-0.3, -0.25) is 4.79 Å². The van der Waals surface area contributed by atoms with Crippen molar-refractivity contribution in [3.8, 4) is 0 Å². The van der Waals surface area contributed by atoms with Crippen molar-refractivity contribution in [1.29, 1.82) is 0 Å². The Morgan fingerprint density at radius 2 is 1.67 bits per heavy atom. The molecule has 1 amide bonds. The van der Waals surface area contributed by atoms with Crippen LogP contribution in [0.3, 0.4) is 0 Å². The van der Waals surface area contributed by atoms with E-state index in [0.29, 0.717) is 5.56 Å². The lowest BCUT2D eigenvalue weighted by Crippen LogP contribution is -2.42. The molecule has 0 saturated carbocycles. The monoisotopic (exact) mass is 381 g/mol. The first-order chi connectivity index (χ1) is 12.4. The van der Waals surface area contributed by atoms with Crippen molar-refractivity contribution in [2.45, 2.75) is 58.6 Å². The topological polar surface area (TPSA) is 29.5 Å². The van der Waals surface area contributed by atoms with Crippen LogP contribution in [0.25, 0.3) is 0 Å². The molecule has 0 aliphatic carbocycles. The third kappa shape index (κ3) is 4.03. The summed E-state index contributed by atoms with van der Waals surface area (Å²) in [6.45, 7) is 8.86. The van der Waals surface area contributed by atoms with E-state index in [1.54, 1.807) is 12.1 Å². The molecule has 2 aliphatic rings. The smallest absolute Gasteiger partial charge is 0.391 e. The molecule has 0 spiro atoms. The van der Waals surface area contributed by atoms with Gasteiger partial charge in [0.05, 0.1) is 11.5 Å². The highest BCUT2D eigenvalue weighted by Gasteiger charge is 2.49. The predicted octanol–water partition coefficient (Wildman–Crippen LogP) is 4.13. The van der Waals surface area contributed by atoms with Gasteiger partial charge < -0.3 is 9.55 Å². The predicted molar refractivity (Wildman–Crippen MR) is 100 cm³/mol. The zero-order chi connectivity index (χ0) is 20.0. The molecule has 2 aliphatic heterocycles. The zero-order valence-electron chi connectivity index (χ0n) is 16.4. The largest absolute Gasteiger partial charge is 0.426 e. The van der Waals surface area contributed by atoms with Crippen LogP contribution in [0.15, 0.2) is 24.3 Å². The van der Waals surface area contributed by atoms with Gasteiger partial charge in [-0.15, -0.1) is 0 Å². The third-order valence-corrected chi connectivity index (χ3v) is 6.54. The average Bonchev–Trinajstić information content (AvgIpc) is 2.81. The van der Waals surface area contributed by atoms with E-state index < -0.39 is 12.1 Å². The van der Waals surface area contributed by atoms with Crippen molar-refractivity contribution in [1.82, 2.24) is 4.90 Å². The zero-order valence-corrected chi connectivity index (χ0v) is 16.4. The van der Waals surface area contributed by atoms with Crippen LogP contribution in [0.1, 0.15) is 50.9 Å². The van der Waals surface area contributed by atoms with Crippen molar-refractivity contribution in [3.05, 3.63) is 29.8 Å². The maximum Gasteiger partial charge on any atom is 0.391 e. The second-order valence-corrected chi connectivity index (χ2v) is 8.93. The van der Waals surface area contributed by atoms with Crippen LogP contribution in [0.2, 0.25) is 6.32 Å². The summed E-state index contributed by atoms with van der Waals surface area (Å²) in [4.78, 5) is 14.1. The first-order valence-corrected chi connectivity index (χ1v) is 9.54. The summed E-state index contributed by atoms with van der Waals surface area (Å²) in [7, 11) is 0. The van der Waals surface area contributed by atoms with E-state index in [1.807, 2.05) is 12.1 Å². The molecular formula is C20H27BF3NO2. The number of alkyl halides is 3. The highest BCUT2D eigenvalue weighted by Crippen LogP contribution is 2.45. The Hall–Kier alpha value is -1.50. The van der Waals surface area contributed by atoms with Gasteiger partial charge in [0.25, 0.3) is 5.91 Å². The lowest BCUT2D eigenvalue weighted by Gasteiger charge is -2.34. The van der Waals surface area contributed by atoms with Crippen molar-refractivity contribution in [2.75, 3.05) is 13.1 Å². The Labute approximate surface area is 159 Å². The van der Waals surface area contributed by atoms with Crippen LogP contribution in [-0.2, 0) is 4.65 Å². The van der Waals surface area contributed by atoms with Crippen LogP contribution in [0.4, 0.5) is 13.2 Å². The SMILES string of the molecule is CC1(C)CB(c2ccc(C(=O)N3CCC(C(F)(F)F)CC3)cc2)OC1(C)C. The Morgan fingerprint density at radius 1 is 1.11 bits per heavy atom. The first-order valence-electron chi connectivity index (χ1n) is 9.54. The van der Waals surface area contributed by atoms with Crippen LogP contribution < -0.4 is 5.46 Å². The Balaban J connectivity index is 1.64. The van der Waals surface area contributed by atoms with Crippen molar-refractivity contribution >= 4 is 18.3 Å². The fraction of sp³-hybridized carbons (Fsp3) is 0.650. The summed E-state index contributed by atoms with van der Waals surface area (Å²) in [6.07, 6.45) is -3.31. The number of hydrogen-bond acceptors (Lipinski definition) is 2. The fourth-order valence-electron chi connectivity index (χ4n) is 3.88. The Bertz CT molecular complexity index is 676. The van der Waals surface area contributed by atoms with Crippen molar-refractivity contribution in [3.63, 3.8) is 0 Å². The number of carbonyl (C=O) groups excluding carboxylic acids is 1. The first kappa shape index (κ1) is 20.2. The number of amides is 1. The number of likely N-dealkylation sites (tertiary alicyclic amines) is 1. The lowest BCUT2D eigenvalue weighted by molar-refractivity contribution is -0.183. The maximum absolute atomic E-state index is 12.8. The number of benzene rings is 1. The van der Waals surface area contributed by atoms with Crippen LogP contribution in [-0.4, -0.2) is 42.6 Å². The molecule has 1 aromatic rings. The molecule has 3 rings (SSSR count). The van der Waals surface area contributed by atoms with Gasteiger partial charge in [0.15, 0.2) is 0 Å². The minimum atomic E-state index is -4.17. The highest BCUT2D eigenvalue weighted by molar-refractivity contribution is 6.68. The van der Waals surface area contributed by atoms with Gasteiger partial charge in [-0.25, -0.2) is 0 Å². The van der Waals surface area contributed by atoms with Gasteiger partial charge in [0.1, 0.15) is 0 Å². The maximum atomic E-state index is 12.8. The summed E-state index contributed by atoms with van der Waals surface area (Å²) < 4.78 is 44.5. The van der Waals surface area contributed by atoms with Crippen LogP contribution in [0.5, 0.6) is 0 Å². The second kappa shape index (κ2) is 6.84. The lowest BCUT2D eigenvalue weighted by atomic mass is 9.54. The number of carbonyl (C=O) groups is 1. The summed E-state index contributed by atoms with van der Waals surface area (Å²) in [6, 6.07) is 7.32. The molecule has 0 atom stereocenters. The molecule has 0 unspecified atom stereocenters. The Kier molecular flexibility index (Phi) is 5.13. The van der Waals surface area contributed by atoms with E-state index in [4.69, 9.17) is 4.65 Å². The quantitative estimate of drug-likeness (QED) is 0.721. The summed E-state index contributed by atoms with van der Waals surface area (Å²) >= 11 is 0. The molecule has 1 aromatic carbocycles. The molecular weight excluding hydrogens is 354 g/mol. The fourth-order valence-corrected chi connectivity index (χ4v) is 3.88. The molecule has 7 heteroatoms. The van der Waals surface area contributed by atoms with E-state index in [2.05, 4.69) is 27.7 Å². The normalized spacial score (nSPS) is 22.9. The molecule has 148 valence electrons. The van der Waals surface area contributed by atoms with Crippen LogP contribution >= 0.6 is 0 Å². The molecule has 0 radical (unpaired) electrons. The number of piperidine rings is 1. The van der Waals surface area contributed by atoms with E-state index >= 15 is 0 Å². The average molecular weight is 381 g/mol. The van der Waals surface area contributed by atoms with Gasteiger partial charge in [0, 0.05) is 18.7 Å². The van der Waals surface area contributed by atoms with Crippen molar-refractivity contribution < 1.29 is 22.6 Å². The van der Waals surface area contributed by atoms with Gasteiger partial charge in [-0.1, -0.05) is 26.0 Å². The number of halogens is 3. The standard InChI is InChI=1S/C20H27BF3NO2/c1-18(2)13-21(27-19(18,3)4)16-7-5-14(6-8-16)17(26)25-11-9-15(10-12-25)20(22,23)24/h5-8,15H,9-13H2,1-4H3. The van der Waals surface area contributed by atoms with E-state index in [9.17, 15) is 18.0 Å². The highest BCUT2D eigenvalue weighted by atomic mass is 19.4. The number of rotatable bonds is 2. The van der Waals surface area contributed by atoms with Gasteiger partial charge in [0.2, 0.25) is 0 Å². The molecule has 0 bridgehead atoms. The Morgan fingerprint density at radius 3 is 2.11 bits per heavy atom. The molecule has 0 N–H and O–H groups in total. The van der Waals surface area contributed by atoms with Gasteiger partial charge >= 0.3 is 13.1 Å². The number of nitrogens with zero attached hydrogens (tertiary/aromatic N) is 1. The van der Waals surface area contributed by atoms with Gasteiger partial charge in [-0.05, 0) is 56.0 Å². The minimum absolute atomic E-state index is 0.0123. The van der Waals surface area contributed by atoms with E-state index in [-0.39, 0.29) is 49.8 Å². The van der Waals surface area contributed by atoms with E-state index in [1.165, 1.54) is 4.90 Å². The molecule has 2 heterocycles. The molecule has 2 fully saturated rings. The minimum Gasteiger partial charge on any atom is -0.426 e. The van der Waals surface area contributed by atoms with E-state index in [0.717, 1.165) is 11.8 Å². The molecule has 27 heavy (non-hydrogen) atoms. The second-order valence-electron chi connectivity index (χ2n) is 8.93. The summed E-state index contributed by atoms with van der Waals surface area (Å²) in [5.74, 6) is -1.50. The summed E-state index contributed by atoms with van der Waals surface area (Å²) in [5.41, 5.74) is 1.37.